The number of benzene rings is 1. The van der Waals surface area contributed by atoms with Gasteiger partial charge in [-0.05, 0) is 50.4 Å². The molecule has 110 valence electrons. The van der Waals surface area contributed by atoms with E-state index >= 15 is 0 Å². The van der Waals surface area contributed by atoms with Crippen LogP contribution in [0.1, 0.15) is 24.8 Å². The summed E-state index contributed by atoms with van der Waals surface area (Å²) in [6.07, 6.45) is 2.52. The maximum absolute atomic E-state index is 14.0. The van der Waals surface area contributed by atoms with Crippen LogP contribution in [0.2, 0.25) is 0 Å². The van der Waals surface area contributed by atoms with Gasteiger partial charge in [0.1, 0.15) is 10.7 Å². The Bertz CT molecular complexity index is 604. The van der Waals surface area contributed by atoms with Gasteiger partial charge in [-0.3, -0.25) is 0 Å². The molecule has 0 spiro atoms. The normalized spacial score (nSPS) is 27.5. The lowest BCUT2D eigenvalue weighted by Gasteiger charge is -2.27. The van der Waals surface area contributed by atoms with Gasteiger partial charge in [0, 0.05) is 18.6 Å². The molecule has 1 aromatic carbocycles. The Labute approximate surface area is 119 Å². The molecule has 2 heterocycles. The van der Waals surface area contributed by atoms with Crippen molar-refractivity contribution in [1.82, 2.24) is 9.62 Å². The summed E-state index contributed by atoms with van der Waals surface area (Å²) >= 11 is 0. The summed E-state index contributed by atoms with van der Waals surface area (Å²) in [6, 6.07) is 4.21. The lowest BCUT2D eigenvalue weighted by Crippen LogP contribution is -2.42. The summed E-state index contributed by atoms with van der Waals surface area (Å²) < 4.78 is 41.2. The summed E-state index contributed by atoms with van der Waals surface area (Å²) in [5.74, 6) is -0.660. The molecule has 2 aliphatic heterocycles. The van der Waals surface area contributed by atoms with E-state index in [2.05, 4.69) is 5.32 Å². The van der Waals surface area contributed by atoms with E-state index in [-0.39, 0.29) is 17.0 Å². The molecule has 0 amide bonds. The van der Waals surface area contributed by atoms with Gasteiger partial charge in [-0.2, -0.15) is 4.31 Å². The highest BCUT2D eigenvalue weighted by molar-refractivity contribution is 7.89. The zero-order chi connectivity index (χ0) is 14.3. The Balaban J connectivity index is 2.05. The SMILES string of the molecule is Cc1ccc(F)c(S(=O)(=O)N2C3CCNCC2CC3)c1. The summed E-state index contributed by atoms with van der Waals surface area (Å²) in [6.45, 7) is 3.25. The van der Waals surface area contributed by atoms with E-state index in [1.165, 1.54) is 12.1 Å². The van der Waals surface area contributed by atoms with Crippen LogP contribution >= 0.6 is 0 Å². The second-order valence-corrected chi connectivity index (χ2v) is 7.46. The summed E-state index contributed by atoms with van der Waals surface area (Å²) in [5.41, 5.74) is 0.755. The molecule has 3 rings (SSSR count). The largest absolute Gasteiger partial charge is 0.315 e. The van der Waals surface area contributed by atoms with Crippen molar-refractivity contribution in [2.45, 2.75) is 43.2 Å². The van der Waals surface area contributed by atoms with Gasteiger partial charge in [0.2, 0.25) is 10.0 Å². The fraction of sp³-hybridized carbons (Fsp3) is 0.571. The molecule has 4 nitrogen and oxygen atoms in total. The molecule has 0 radical (unpaired) electrons. The Morgan fingerprint density at radius 2 is 2.00 bits per heavy atom. The van der Waals surface area contributed by atoms with Gasteiger partial charge in [-0.1, -0.05) is 6.07 Å². The molecule has 2 saturated heterocycles. The van der Waals surface area contributed by atoms with Gasteiger partial charge in [0.25, 0.3) is 0 Å². The van der Waals surface area contributed by atoms with Gasteiger partial charge in [0.05, 0.1) is 0 Å². The van der Waals surface area contributed by atoms with E-state index in [0.29, 0.717) is 6.54 Å². The maximum atomic E-state index is 14.0. The zero-order valence-electron chi connectivity index (χ0n) is 11.5. The number of nitrogens with zero attached hydrogens (tertiary/aromatic N) is 1. The second-order valence-electron chi connectivity index (χ2n) is 5.65. The molecule has 0 aliphatic carbocycles. The van der Waals surface area contributed by atoms with Crippen molar-refractivity contribution >= 4 is 10.0 Å². The summed E-state index contributed by atoms with van der Waals surface area (Å²) in [7, 11) is -3.76. The third-order valence-electron chi connectivity index (χ3n) is 4.23. The molecular formula is C14H19FN2O2S. The molecular weight excluding hydrogens is 279 g/mol. The van der Waals surface area contributed by atoms with Crippen LogP contribution < -0.4 is 5.32 Å². The maximum Gasteiger partial charge on any atom is 0.246 e. The highest BCUT2D eigenvalue weighted by Crippen LogP contribution is 2.34. The first-order valence-corrected chi connectivity index (χ1v) is 8.44. The van der Waals surface area contributed by atoms with Crippen LogP contribution in [0.4, 0.5) is 4.39 Å². The molecule has 2 atom stereocenters. The van der Waals surface area contributed by atoms with Crippen molar-refractivity contribution < 1.29 is 12.8 Å². The van der Waals surface area contributed by atoms with Crippen molar-refractivity contribution in [1.29, 1.82) is 0 Å². The van der Waals surface area contributed by atoms with Crippen molar-refractivity contribution in [3.05, 3.63) is 29.6 Å². The Morgan fingerprint density at radius 3 is 2.80 bits per heavy atom. The van der Waals surface area contributed by atoms with E-state index in [4.69, 9.17) is 0 Å². The zero-order valence-corrected chi connectivity index (χ0v) is 12.3. The second kappa shape index (κ2) is 5.09. The van der Waals surface area contributed by atoms with E-state index in [1.54, 1.807) is 17.3 Å². The minimum absolute atomic E-state index is 0.0000813. The lowest BCUT2D eigenvalue weighted by atomic mass is 10.1. The molecule has 0 aromatic heterocycles. The number of rotatable bonds is 2. The standard InChI is InChI=1S/C14H19FN2O2S/c1-10-2-5-13(15)14(8-10)20(18,19)17-11-3-4-12(17)9-16-7-6-11/h2,5,8,11-12,16H,3-4,6-7,9H2,1H3. The van der Waals surface area contributed by atoms with E-state index in [1.807, 2.05) is 0 Å². The lowest BCUT2D eigenvalue weighted by molar-refractivity contribution is 0.332. The summed E-state index contributed by atoms with van der Waals surface area (Å²) in [4.78, 5) is -0.184. The molecule has 2 bridgehead atoms. The van der Waals surface area contributed by atoms with E-state index in [9.17, 15) is 12.8 Å². The predicted molar refractivity (Wildman–Crippen MR) is 74.5 cm³/mol. The van der Waals surface area contributed by atoms with Gasteiger partial charge in [-0.25, -0.2) is 12.8 Å². The average Bonchev–Trinajstić information content (AvgIpc) is 2.66. The Morgan fingerprint density at radius 1 is 1.25 bits per heavy atom. The van der Waals surface area contributed by atoms with Crippen molar-refractivity contribution in [3.8, 4) is 0 Å². The number of hydrogen-bond donors (Lipinski definition) is 1. The van der Waals surface area contributed by atoms with Crippen molar-refractivity contribution in [2.75, 3.05) is 13.1 Å². The average molecular weight is 298 g/mol. The Hall–Kier alpha value is -0.980. The molecule has 2 unspecified atom stereocenters. The molecule has 6 heteroatoms. The van der Waals surface area contributed by atoms with Crippen LogP contribution in [0.25, 0.3) is 0 Å². The van der Waals surface area contributed by atoms with Gasteiger partial charge >= 0.3 is 0 Å². The van der Waals surface area contributed by atoms with E-state index < -0.39 is 15.8 Å². The van der Waals surface area contributed by atoms with Gasteiger partial charge < -0.3 is 5.32 Å². The molecule has 1 aromatic rings. The van der Waals surface area contributed by atoms with Crippen LogP contribution in [0.3, 0.4) is 0 Å². The molecule has 0 saturated carbocycles. The third-order valence-corrected chi connectivity index (χ3v) is 6.25. The number of nitrogens with one attached hydrogen (secondary N) is 1. The number of hydrogen-bond acceptors (Lipinski definition) is 3. The number of aryl methyl sites for hydroxylation is 1. The van der Waals surface area contributed by atoms with Crippen LogP contribution in [-0.4, -0.2) is 37.9 Å². The first kappa shape index (κ1) is 14.0. The fourth-order valence-corrected chi connectivity index (χ4v) is 5.30. The molecule has 20 heavy (non-hydrogen) atoms. The van der Waals surface area contributed by atoms with Crippen LogP contribution in [-0.2, 0) is 10.0 Å². The first-order valence-electron chi connectivity index (χ1n) is 7.00. The molecule has 2 aliphatic rings. The van der Waals surface area contributed by atoms with Crippen molar-refractivity contribution in [2.24, 2.45) is 0 Å². The topological polar surface area (TPSA) is 49.4 Å². The van der Waals surface area contributed by atoms with Crippen LogP contribution in [0, 0.1) is 12.7 Å². The molecule has 2 fully saturated rings. The van der Waals surface area contributed by atoms with Gasteiger partial charge in [-0.15, -0.1) is 0 Å². The highest BCUT2D eigenvalue weighted by Gasteiger charge is 2.43. The number of sulfonamides is 1. The fourth-order valence-electron chi connectivity index (χ4n) is 3.25. The quantitative estimate of drug-likeness (QED) is 0.903. The van der Waals surface area contributed by atoms with Crippen molar-refractivity contribution in [3.63, 3.8) is 0 Å². The predicted octanol–water partition coefficient (Wildman–Crippen LogP) is 1.65. The highest BCUT2D eigenvalue weighted by atomic mass is 32.2. The Kier molecular flexibility index (Phi) is 3.56. The number of fused-ring (bicyclic) bond motifs is 2. The van der Waals surface area contributed by atoms with Crippen LogP contribution in [0.15, 0.2) is 23.1 Å². The monoisotopic (exact) mass is 298 g/mol. The molecule has 1 N–H and O–H groups in total. The third kappa shape index (κ3) is 2.25. The van der Waals surface area contributed by atoms with Gasteiger partial charge in [0.15, 0.2) is 0 Å². The van der Waals surface area contributed by atoms with E-state index in [0.717, 1.165) is 31.4 Å². The number of halogens is 1. The minimum atomic E-state index is -3.76. The van der Waals surface area contributed by atoms with Crippen LogP contribution in [0.5, 0.6) is 0 Å². The smallest absolute Gasteiger partial charge is 0.246 e. The minimum Gasteiger partial charge on any atom is -0.315 e. The summed E-state index contributed by atoms with van der Waals surface area (Å²) in [5, 5.41) is 3.26. The first-order chi connectivity index (χ1) is 9.50.